The monoisotopic (exact) mass is 486 g/mol. The molecule has 0 radical (unpaired) electrons. The number of carbonyl (C=O) groups is 2. The summed E-state index contributed by atoms with van der Waals surface area (Å²) in [7, 11) is 0. The smallest absolute Gasteiger partial charge is 0.333 e. The van der Waals surface area contributed by atoms with Gasteiger partial charge < -0.3 is 9.47 Å². The molecule has 2 rings (SSSR count). The molecular formula is C32H38O4. The predicted octanol–water partition coefficient (Wildman–Crippen LogP) is 6.79. The lowest BCUT2D eigenvalue weighted by molar-refractivity contribution is -0.141. The van der Waals surface area contributed by atoms with Crippen LogP contribution in [0.3, 0.4) is 0 Å². The van der Waals surface area contributed by atoms with E-state index in [1.54, 1.807) is 13.8 Å². The molecule has 0 aliphatic rings. The number of hydrogen-bond acceptors (Lipinski definition) is 4. The van der Waals surface area contributed by atoms with Gasteiger partial charge in [0.25, 0.3) is 0 Å². The minimum Gasteiger partial charge on any atom is -0.457 e. The Morgan fingerprint density at radius 1 is 0.556 bits per heavy atom. The maximum atomic E-state index is 11.9. The number of benzene rings is 2. The molecule has 0 atom stereocenters. The lowest BCUT2D eigenvalue weighted by Crippen LogP contribution is -2.10. The van der Waals surface area contributed by atoms with Crippen molar-refractivity contribution in [2.75, 3.05) is 0 Å². The van der Waals surface area contributed by atoms with Crippen LogP contribution < -0.4 is 0 Å². The third kappa shape index (κ3) is 5.79. The maximum absolute atomic E-state index is 11.9. The normalized spacial score (nSPS) is 10.4. The van der Waals surface area contributed by atoms with Gasteiger partial charge in [-0.1, -0.05) is 25.0 Å². The van der Waals surface area contributed by atoms with E-state index in [4.69, 9.17) is 9.47 Å². The topological polar surface area (TPSA) is 52.6 Å². The van der Waals surface area contributed by atoms with Crippen molar-refractivity contribution in [3.63, 3.8) is 0 Å². The molecule has 0 heterocycles. The van der Waals surface area contributed by atoms with Crippen LogP contribution in [0.25, 0.3) is 0 Å². The Bertz CT molecular complexity index is 1180. The molecule has 0 amide bonds. The molecule has 36 heavy (non-hydrogen) atoms. The highest BCUT2D eigenvalue weighted by molar-refractivity contribution is 5.87. The summed E-state index contributed by atoms with van der Waals surface area (Å²) < 4.78 is 10.9. The molecule has 190 valence electrons. The van der Waals surface area contributed by atoms with Crippen LogP contribution in [0.4, 0.5) is 0 Å². The minimum absolute atomic E-state index is 0.215. The quantitative estimate of drug-likeness (QED) is 0.256. The molecule has 2 aromatic carbocycles. The number of carbonyl (C=O) groups excluding carboxylic acids is 2. The van der Waals surface area contributed by atoms with Crippen molar-refractivity contribution in [1.29, 1.82) is 0 Å². The summed E-state index contributed by atoms with van der Waals surface area (Å²) in [6.07, 6.45) is 0. The highest BCUT2D eigenvalue weighted by Gasteiger charge is 2.17. The van der Waals surface area contributed by atoms with Gasteiger partial charge in [0.05, 0.1) is 0 Å². The van der Waals surface area contributed by atoms with Gasteiger partial charge >= 0.3 is 11.9 Å². The molecule has 0 unspecified atom stereocenters. The maximum Gasteiger partial charge on any atom is 0.333 e. The van der Waals surface area contributed by atoms with Crippen molar-refractivity contribution >= 4 is 11.9 Å². The van der Waals surface area contributed by atoms with Crippen molar-refractivity contribution in [1.82, 2.24) is 0 Å². The van der Waals surface area contributed by atoms with E-state index in [1.807, 2.05) is 27.7 Å². The zero-order valence-corrected chi connectivity index (χ0v) is 23.5. The van der Waals surface area contributed by atoms with Gasteiger partial charge in [0.15, 0.2) is 0 Å². The first-order valence-corrected chi connectivity index (χ1v) is 12.1. The lowest BCUT2D eigenvalue weighted by atomic mass is 9.87. The SMILES string of the molecule is C=C(C)C(=O)OCc1c(C)c(C)c(C#Cc2c(C)c(C)c(COC(=O)C(=C)C)c(C)c2C)c(C)c1C. The number of esters is 2. The van der Waals surface area contributed by atoms with Gasteiger partial charge in [0.1, 0.15) is 13.2 Å². The molecule has 0 fully saturated rings. The van der Waals surface area contributed by atoms with Crippen molar-refractivity contribution in [3.05, 3.63) is 91.1 Å². The van der Waals surface area contributed by atoms with Gasteiger partial charge in [-0.2, -0.15) is 0 Å². The zero-order valence-electron chi connectivity index (χ0n) is 23.5. The number of hydrogen-bond donors (Lipinski definition) is 0. The Morgan fingerprint density at radius 2 is 0.806 bits per heavy atom. The van der Waals surface area contributed by atoms with E-state index < -0.39 is 0 Å². The standard InChI is InChI=1S/C32H38O4/c1-17(2)31(33)35-15-29-23(9)19(5)27(20(6)24(29)10)13-14-28-21(7)25(11)30(26(12)22(28)8)16-36-32(34)18(3)4/h1,3,15-16H2,2,4-12H3. The summed E-state index contributed by atoms with van der Waals surface area (Å²) in [5.41, 5.74) is 13.4. The van der Waals surface area contributed by atoms with Gasteiger partial charge in [-0.3, -0.25) is 0 Å². The average molecular weight is 487 g/mol. The first-order valence-electron chi connectivity index (χ1n) is 12.1. The fourth-order valence-corrected chi connectivity index (χ4v) is 4.24. The summed E-state index contributed by atoms with van der Waals surface area (Å²) >= 11 is 0. The molecule has 4 heteroatoms. The lowest BCUT2D eigenvalue weighted by Gasteiger charge is -2.19. The molecule has 4 nitrogen and oxygen atoms in total. The van der Waals surface area contributed by atoms with Crippen LogP contribution in [0.2, 0.25) is 0 Å². The molecule has 2 aromatic rings. The van der Waals surface area contributed by atoms with Crippen molar-refractivity contribution in [3.8, 4) is 11.8 Å². The predicted molar refractivity (Wildman–Crippen MR) is 146 cm³/mol. The second-order valence-electron chi connectivity index (χ2n) is 9.67. The number of rotatable bonds is 6. The molecular weight excluding hydrogens is 448 g/mol. The van der Waals surface area contributed by atoms with E-state index in [2.05, 4.69) is 52.7 Å². The largest absolute Gasteiger partial charge is 0.457 e. The Balaban J connectivity index is 2.52. The van der Waals surface area contributed by atoms with E-state index >= 15 is 0 Å². The van der Waals surface area contributed by atoms with E-state index in [9.17, 15) is 9.59 Å². The van der Waals surface area contributed by atoms with Crippen molar-refractivity contribution < 1.29 is 19.1 Å². The Labute approximate surface area is 216 Å². The highest BCUT2D eigenvalue weighted by Crippen LogP contribution is 2.29. The van der Waals surface area contributed by atoms with Gasteiger partial charge in [0, 0.05) is 22.3 Å². The van der Waals surface area contributed by atoms with Crippen molar-refractivity contribution in [2.45, 2.75) is 82.5 Å². The molecule has 0 bridgehead atoms. The van der Waals surface area contributed by atoms with Crippen LogP contribution in [-0.2, 0) is 32.3 Å². The second-order valence-corrected chi connectivity index (χ2v) is 9.67. The van der Waals surface area contributed by atoms with Crippen molar-refractivity contribution in [2.24, 2.45) is 0 Å². The molecule has 0 N–H and O–H groups in total. The van der Waals surface area contributed by atoms with E-state index in [0.29, 0.717) is 11.1 Å². The molecule has 0 aliphatic carbocycles. The molecule has 0 aromatic heterocycles. The van der Waals surface area contributed by atoms with Gasteiger partial charge in [-0.25, -0.2) is 9.59 Å². The van der Waals surface area contributed by atoms with Gasteiger partial charge in [-0.15, -0.1) is 0 Å². The molecule has 0 saturated heterocycles. The Hall–Kier alpha value is -3.58. The van der Waals surface area contributed by atoms with Crippen LogP contribution in [0, 0.1) is 67.2 Å². The first-order chi connectivity index (χ1) is 16.7. The fraction of sp³-hybridized carbons (Fsp3) is 0.375. The van der Waals surface area contributed by atoms with Crippen LogP contribution in [0.15, 0.2) is 24.3 Å². The number of ether oxygens (including phenoxy) is 2. The van der Waals surface area contributed by atoms with Crippen LogP contribution in [0.1, 0.15) is 80.6 Å². The molecule has 0 saturated carbocycles. The third-order valence-electron chi connectivity index (χ3n) is 7.27. The summed E-state index contributed by atoms with van der Waals surface area (Å²) in [5.74, 6) is 6.11. The average Bonchev–Trinajstić information content (AvgIpc) is 2.82. The van der Waals surface area contributed by atoms with Gasteiger partial charge in [-0.05, 0) is 125 Å². The van der Waals surface area contributed by atoms with E-state index in [-0.39, 0.29) is 25.2 Å². The summed E-state index contributed by atoms with van der Waals surface area (Å²) in [5, 5.41) is 0. The van der Waals surface area contributed by atoms with E-state index in [0.717, 1.165) is 66.8 Å². The van der Waals surface area contributed by atoms with Gasteiger partial charge in [0.2, 0.25) is 0 Å². The van der Waals surface area contributed by atoms with Crippen LogP contribution in [-0.4, -0.2) is 11.9 Å². The fourth-order valence-electron chi connectivity index (χ4n) is 4.24. The Kier molecular flexibility index (Phi) is 9.10. The zero-order chi connectivity index (χ0) is 27.5. The summed E-state index contributed by atoms with van der Waals surface area (Å²) in [6, 6.07) is 0. The highest BCUT2D eigenvalue weighted by atomic mass is 16.5. The minimum atomic E-state index is -0.387. The molecule has 0 spiro atoms. The second kappa shape index (κ2) is 11.4. The summed E-state index contributed by atoms with van der Waals surface area (Å²) in [4.78, 5) is 23.8. The third-order valence-corrected chi connectivity index (χ3v) is 7.27. The first kappa shape index (κ1) is 28.7. The van der Waals surface area contributed by atoms with E-state index in [1.165, 1.54) is 0 Å². The van der Waals surface area contributed by atoms with Crippen LogP contribution in [0.5, 0.6) is 0 Å². The van der Waals surface area contributed by atoms with Crippen LogP contribution >= 0.6 is 0 Å². The Morgan fingerprint density at radius 3 is 1.03 bits per heavy atom. The summed E-state index contributed by atoms with van der Waals surface area (Å²) in [6.45, 7) is 27.4. The molecule has 0 aliphatic heterocycles.